The predicted octanol–water partition coefficient (Wildman–Crippen LogP) is 3.24. The molecule has 0 bridgehead atoms. The van der Waals surface area contributed by atoms with Crippen LogP contribution in [0.15, 0.2) is 42.5 Å². The van der Waals surface area contributed by atoms with Crippen LogP contribution in [0, 0.1) is 13.8 Å². The van der Waals surface area contributed by atoms with Crippen LogP contribution in [0.4, 0.5) is 5.69 Å². The first-order valence-electron chi connectivity index (χ1n) is 7.64. The van der Waals surface area contributed by atoms with Crippen molar-refractivity contribution < 1.29 is 0 Å². The van der Waals surface area contributed by atoms with Gasteiger partial charge in [0.05, 0.1) is 5.54 Å². The summed E-state index contributed by atoms with van der Waals surface area (Å²) in [6.07, 6.45) is 2.06. The summed E-state index contributed by atoms with van der Waals surface area (Å²) in [7, 11) is 2.19. The largest absolute Gasteiger partial charge is 0.367 e. The molecule has 2 nitrogen and oxygen atoms in total. The molecule has 110 valence electrons. The van der Waals surface area contributed by atoms with Crippen molar-refractivity contribution in [3.63, 3.8) is 0 Å². The van der Waals surface area contributed by atoms with Crippen molar-refractivity contribution in [2.75, 3.05) is 18.5 Å². The predicted molar refractivity (Wildman–Crippen MR) is 90.0 cm³/mol. The highest BCUT2D eigenvalue weighted by molar-refractivity contribution is 5.58. The van der Waals surface area contributed by atoms with Crippen LogP contribution >= 0.6 is 0 Å². The number of nitrogens with two attached hydrogens (primary N) is 1. The molecule has 3 rings (SSSR count). The number of rotatable bonds is 3. The Bertz CT molecular complexity index is 635. The SMILES string of the molecule is Cc1ccc(N(C)C2(CN)Cc3ccccc3C2)c(C)c1. The Kier molecular flexibility index (Phi) is 3.50. The molecule has 21 heavy (non-hydrogen) atoms. The minimum atomic E-state index is 0.00368. The van der Waals surface area contributed by atoms with E-state index < -0.39 is 0 Å². The highest BCUT2D eigenvalue weighted by Crippen LogP contribution is 2.37. The molecule has 0 amide bonds. The van der Waals surface area contributed by atoms with Gasteiger partial charge in [0.2, 0.25) is 0 Å². The standard InChI is InChI=1S/C19H24N2/c1-14-8-9-18(15(2)10-14)21(3)19(13-20)11-16-6-4-5-7-17(16)12-19/h4-10H,11-13,20H2,1-3H3. The smallest absolute Gasteiger partial charge is 0.0601 e. The number of nitrogens with zero attached hydrogens (tertiary/aromatic N) is 1. The molecule has 0 fully saturated rings. The lowest BCUT2D eigenvalue weighted by Crippen LogP contribution is -2.53. The average molecular weight is 280 g/mol. The normalized spacial score (nSPS) is 15.8. The van der Waals surface area contributed by atoms with Crippen molar-refractivity contribution in [1.82, 2.24) is 0 Å². The summed E-state index contributed by atoms with van der Waals surface area (Å²) in [6.45, 7) is 5.00. The molecule has 0 heterocycles. The maximum absolute atomic E-state index is 6.22. The zero-order valence-electron chi connectivity index (χ0n) is 13.2. The summed E-state index contributed by atoms with van der Waals surface area (Å²) in [5.41, 5.74) is 13.0. The maximum Gasteiger partial charge on any atom is 0.0601 e. The second-order valence-corrected chi connectivity index (χ2v) is 6.40. The Morgan fingerprint density at radius 1 is 1.05 bits per heavy atom. The number of fused-ring (bicyclic) bond motifs is 1. The van der Waals surface area contributed by atoms with E-state index in [2.05, 4.69) is 68.3 Å². The van der Waals surface area contributed by atoms with Crippen molar-refractivity contribution in [2.45, 2.75) is 32.2 Å². The Balaban J connectivity index is 1.98. The van der Waals surface area contributed by atoms with Crippen LogP contribution < -0.4 is 10.6 Å². The van der Waals surface area contributed by atoms with Gasteiger partial charge in [-0.05, 0) is 49.4 Å². The lowest BCUT2D eigenvalue weighted by Gasteiger charge is -2.40. The molecule has 0 aliphatic heterocycles. The minimum absolute atomic E-state index is 0.00368. The number of aryl methyl sites for hydroxylation is 2. The molecule has 0 spiro atoms. The molecule has 0 saturated carbocycles. The molecule has 0 aromatic heterocycles. The number of likely N-dealkylation sites (N-methyl/N-ethyl adjacent to an activating group) is 1. The molecule has 2 aromatic rings. The van der Waals surface area contributed by atoms with E-state index in [-0.39, 0.29) is 5.54 Å². The van der Waals surface area contributed by atoms with E-state index in [1.165, 1.54) is 27.9 Å². The monoisotopic (exact) mass is 280 g/mol. The Labute approximate surface area is 127 Å². The summed E-state index contributed by atoms with van der Waals surface area (Å²) in [4.78, 5) is 2.40. The van der Waals surface area contributed by atoms with E-state index in [0.29, 0.717) is 6.54 Å². The van der Waals surface area contributed by atoms with E-state index in [4.69, 9.17) is 5.73 Å². The van der Waals surface area contributed by atoms with E-state index in [0.717, 1.165) is 12.8 Å². The minimum Gasteiger partial charge on any atom is -0.367 e. The van der Waals surface area contributed by atoms with Crippen LogP contribution in [0.2, 0.25) is 0 Å². The second-order valence-electron chi connectivity index (χ2n) is 6.40. The zero-order chi connectivity index (χ0) is 15.0. The van der Waals surface area contributed by atoms with Gasteiger partial charge in [-0.3, -0.25) is 0 Å². The summed E-state index contributed by atoms with van der Waals surface area (Å²) in [5.74, 6) is 0. The fourth-order valence-electron chi connectivity index (χ4n) is 3.63. The molecule has 0 unspecified atom stereocenters. The van der Waals surface area contributed by atoms with Gasteiger partial charge in [0.25, 0.3) is 0 Å². The summed E-state index contributed by atoms with van der Waals surface area (Å²) in [5, 5.41) is 0. The van der Waals surface area contributed by atoms with Crippen molar-refractivity contribution in [3.05, 3.63) is 64.7 Å². The van der Waals surface area contributed by atoms with Gasteiger partial charge in [-0.25, -0.2) is 0 Å². The van der Waals surface area contributed by atoms with Crippen LogP contribution in [-0.2, 0) is 12.8 Å². The summed E-state index contributed by atoms with van der Waals surface area (Å²) < 4.78 is 0. The number of hydrogen-bond donors (Lipinski definition) is 1. The molecule has 0 radical (unpaired) electrons. The highest BCUT2D eigenvalue weighted by atomic mass is 15.2. The third-order valence-corrected chi connectivity index (χ3v) is 4.96. The lowest BCUT2D eigenvalue weighted by molar-refractivity contribution is 0.434. The molecule has 0 saturated heterocycles. The molecule has 1 aliphatic carbocycles. The first kappa shape index (κ1) is 14.2. The third-order valence-electron chi connectivity index (χ3n) is 4.96. The molecule has 0 atom stereocenters. The van der Waals surface area contributed by atoms with Crippen molar-refractivity contribution in [2.24, 2.45) is 5.73 Å². The summed E-state index contributed by atoms with van der Waals surface area (Å²) in [6, 6.07) is 15.4. The molecular formula is C19H24N2. The average Bonchev–Trinajstić information content (AvgIpc) is 2.86. The van der Waals surface area contributed by atoms with Gasteiger partial charge >= 0.3 is 0 Å². The second kappa shape index (κ2) is 5.19. The third kappa shape index (κ3) is 2.34. The van der Waals surface area contributed by atoms with E-state index in [1.807, 2.05) is 0 Å². The molecule has 2 aromatic carbocycles. The Hall–Kier alpha value is -1.80. The maximum atomic E-state index is 6.22. The molecule has 2 N–H and O–H groups in total. The van der Waals surface area contributed by atoms with E-state index in [9.17, 15) is 0 Å². The molecule has 2 heteroatoms. The van der Waals surface area contributed by atoms with Crippen LogP contribution in [0.3, 0.4) is 0 Å². The van der Waals surface area contributed by atoms with Gasteiger partial charge in [0.1, 0.15) is 0 Å². The first-order chi connectivity index (χ1) is 10.1. The van der Waals surface area contributed by atoms with E-state index >= 15 is 0 Å². The molecular weight excluding hydrogens is 256 g/mol. The summed E-state index contributed by atoms with van der Waals surface area (Å²) >= 11 is 0. The number of benzene rings is 2. The van der Waals surface area contributed by atoms with Crippen LogP contribution in [-0.4, -0.2) is 19.1 Å². The Morgan fingerprint density at radius 3 is 2.19 bits per heavy atom. The van der Waals surface area contributed by atoms with E-state index in [1.54, 1.807) is 0 Å². The van der Waals surface area contributed by atoms with Gasteiger partial charge in [-0.2, -0.15) is 0 Å². The van der Waals surface area contributed by atoms with Crippen molar-refractivity contribution in [1.29, 1.82) is 0 Å². The zero-order valence-corrected chi connectivity index (χ0v) is 13.2. The van der Waals surface area contributed by atoms with Gasteiger partial charge in [0.15, 0.2) is 0 Å². The van der Waals surface area contributed by atoms with Crippen molar-refractivity contribution >= 4 is 5.69 Å². The Morgan fingerprint density at radius 2 is 1.67 bits per heavy atom. The van der Waals surface area contributed by atoms with Gasteiger partial charge in [-0.1, -0.05) is 42.0 Å². The van der Waals surface area contributed by atoms with Gasteiger partial charge in [-0.15, -0.1) is 0 Å². The quantitative estimate of drug-likeness (QED) is 0.935. The van der Waals surface area contributed by atoms with Gasteiger partial charge in [0, 0.05) is 19.3 Å². The number of hydrogen-bond acceptors (Lipinski definition) is 2. The first-order valence-corrected chi connectivity index (χ1v) is 7.64. The fourth-order valence-corrected chi connectivity index (χ4v) is 3.63. The van der Waals surface area contributed by atoms with Crippen LogP contribution in [0.5, 0.6) is 0 Å². The van der Waals surface area contributed by atoms with Crippen LogP contribution in [0.25, 0.3) is 0 Å². The number of anilines is 1. The van der Waals surface area contributed by atoms with Crippen LogP contribution in [0.1, 0.15) is 22.3 Å². The van der Waals surface area contributed by atoms with Gasteiger partial charge < -0.3 is 10.6 Å². The lowest BCUT2D eigenvalue weighted by atomic mass is 9.92. The fraction of sp³-hybridized carbons (Fsp3) is 0.368. The molecule has 1 aliphatic rings. The highest BCUT2D eigenvalue weighted by Gasteiger charge is 2.40. The topological polar surface area (TPSA) is 29.3 Å². The van der Waals surface area contributed by atoms with Crippen molar-refractivity contribution in [3.8, 4) is 0 Å².